The van der Waals surface area contributed by atoms with Gasteiger partial charge < -0.3 is 42.4 Å². The minimum Gasteiger partial charge on any atom is -0.476 e. The lowest BCUT2D eigenvalue weighted by Crippen LogP contribution is -2.25. The number of nitro groups is 2. The van der Waals surface area contributed by atoms with Crippen molar-refractivity contribution in [3.8, 4) is 0 Å². The summed E-state index contributed by atoms with van der Waals surface area (Å²) in [4.78, 5) is 61.0. The van der Waals surface area contributed by atoms with Crippen molar-refractivity contribution in [1.82, 2.24) is 48.9 Å². The first-order chi connectivity index (χ1) is 37.7. The number of benzene rings is 2. The lowest BCUT2D eigenvalue weighted by Gasteiger charge is -2.12. The van der Waals surface area contributed by atoms with Gasteiger partial charge in [-0.3, -0.25) is 44.4 Å². The summed E-state index contributed by atoms with van der Waals surface area (Å²) < 4.78 is 11.0. The van der Waals surface area contributed by atoms with Crippen LogP contribution in [0.5, 0.6) is 0 Å². The molecule has 0 saturated carbocycles. The Morgan fingerprint density at radius 1 is 0.873 bits per heavy atom. The van der Waals surface area contributed by atoms with Crippen molar-refractivity contribution in [2.24, 2.45) is 29.8 Å². The summed E-state index contributed by atoms with van der Waals surface area (Å²) in [5.74, 6) is 0.852. The fourth-order valence-corrected chi connectivity index (χ4v) is 7.27. The number of aliphatic imine (C=N–C) groups is 2. The first-order valence-corrected chi connectivity index (χ1v) is 25.2. The van der Waals surface area contributed by atoms with E-state index in [1.165, 1.54) is 17.9 Å². The maximum absolute atomic E-state index is 12.8. The molecule has 9 N–H and O–H groups in total. The number of anilines is 4. The van der Waals surface area contributed by atoms with Crippen LogP contribution in [0.25, 0.3) is 5.65 Å². The van der Waals surface area contributed by atoms with Crippen molar-refractivity contribution < 1.29 is 34.4 Å². The number of carbonyl (C=O) groups excluding carboxylic acids is 1. The quantitative estimate of drug-likeness (QED) is 0.00687. The number of nitrogens with two attached hydrogens (primary N) is 2. The normalized spacial score (nSPS) is 11.6. The highest BCUT2D eigenvalue weighted by molar-refractivity contribution is 5.99. The van der Waals surface area contributed by atoms with Gasteiger partial charge in [-0.2, -0.15) is 39.6 Å². The Morgan fingerprint density at radius 2 is 1.51 bits per heavy atom. The van der Waals surface area contributed by atoms with Crippen LogP contribution in [-0.4, -0.2) is 132 Å². The van der Waals surface area contributed by atoms with Crippen LogP contribution >= 0.6 is 0 Å². The van der Waals surface area contributed by atoms with Crippen molar-refractivity contribution >= 4 is 64.5 Å². The maximum atomic E-state index is 12.8. The SMILES string of the molecule is CCC(CCO)N=CNc1c(C(C)C)cnn1C(N)=NC.CCOCCCNc1nc(NCc2cccc(CC(=O)c3nn(C)cc3[N+](=O)[O-])c2)n2ncc(C(C)C)c2n1.Cn1cc([N+](=O)[O-])c(C(=O)O)n1.Nc1ccccc1. The van der Waals surface area contributed by atoms with Gasteiger partial charge in [-0.25, -0.2) is 4.79 Å². The number of hydrogen-bond acceptors (Lipinski definition) is 19. The summed E-state index contributed by atoms with van der Waals surface area (Å²) in [6, 6.07) is 17.1. The molecule has 1 unspecified atom stereocenters. The van der Waals surface area contributed by atoms with Gasteiger partial charge in [-0.05, 0) is 61.3 Å². The molecule has 0 aliphatic heterocycles. The monoisotopic (exact) mass is 1090 g/mol. The number of carbonyl (C=O) groups is 2. The molecule has 0 fully saturated rings. The van der Waals surface area contributed by atoms with Crippen LogP contribution < -0.4 is 27.4 Å². The van der Waals surface area contributed by atoms with E-state index in [4.69, 9.17) is 31.4 Å². The lowest BCUT2D eigenvalue weighted by atomic mass is 10.0. The summed E-state index contributed by atoms with van der Waals surface area (Å²) >= 11 is 0. The van der Waals surface area contributed by atoms with Crippen molar-refractivity contribution in [1.29, 1.82) is 0 Å². The summed E-state index contributed by atoms with van der Waals surface area (Å²) in [7, 11) is 4.59. The van der Waals surface area contributed by atoms with E-state index in [1.54, 1.807) is 35.8 Å². The number of aromatic carboxylic acids is 1. The molecule has 0 amide bonds. The predicted octanol–water partition coefficient (Wildman–Crippen LogP) is 6.46. The zero-order valence-electron chi connectivity index (χ0n) is 45.8. The molecule has 0 saturated heterocycles. The van der Waals surface area contributed by atoms with Crippen molar-refractivity contribution in [3.63, 3.8) is 0 Å². The predicted molar refractivity (Wildman–Crippen MR) is 301 cm³/mol. The molecule has 0 radical (unpaired) electrons. The molecule has 7 rings (SSSR count). The molecular weight excluding hydrogens is 1020 g/mol. The third-order valence-corrected chi connectivity index (χ3v) is 11.3. The second-order valence-electron chi connectivity index (χ2n) is 18.0. The van der Waals surface area contributed by atoms with Crippen molar-refractivity contribution in [2.75, 3.05) is 55.1 Å². The number of nitrogens with zero attached hydrogens (tertiary/aromatic N) is 14. The van der Waals surface area contributed by atoms with E-state index in [0.29, 0.717) is 56.5 Å². The number of aliphatic hydroxyl groups excluding tert-OH is 1. The van der Waals surface area contributed by atoms with Gasteiger partial charge in [0.05, 0.1) is 34.6 Å². The van der Waals surface area contributed by atoms with E-state index in [9.17, 15) is 29.8 Å². The Hall–Kier alpha value is -9.18. The smallest absolute Gasteiger partial charge is 0.363 e. The molecule has 0 aliphatic carbocycles. The second-order valence-corrected chi connectivity index (χ2v) is 18.0. The van der Waals surface area contributed by atoms with Gasteiger partial charge in [0.15, 0.2) is 11.4 Å². The minimum atomic E-state index is -1.40. The molecule has 0 spiro atoms. The Kier molecular flexibility index (Phi) is 24.6. The number of aromatic nitrogens is 10. The Morgan fingerprint density at radius 3 is 2.06 bits per heavy atom. The standard InChI is InChI=1S/C26H33N9O4.C14H26N6O.C6H7N.C5H5N3O4/c1-5-39-11-7-10-27-25-30-24-20(17(2)3)15-29-34(24)26(31-25)28-14-19-9-6-8-18(12-19)13-22(36)23-21(35(37)38)16-33(4)32-23;1-5-11(6-7-21)17-9-18-13-12(10(2)3)8-19-20(13)14(15)16-4;7-6-4-2-1-3-5-6;1-7-2-3(8(11)12)4(6-7)5(9)10/h6,8-9,12,15-17H,5,7,10-11,13-14H2,1-4H3,(H2,27,28,30,31);8-11,21H,5-7H2,1-4H3,(H2,15,16)(H,17,18);1-5H,7H2;2H,1H3,(H,9,10). The average Bonchev–Trinajstić information content (AvgIpc) is 4.25. The van der Waals surface area contributed by atoms with Crippen LogP contribution in [0.15, 0.2) is 89.4 Å². The van der Waals surface area contributed by atoms with Crippen LogP contribution in [0.1, 0.15) is 116 Å². The highest BCUT2D eigenvalue weighted by Crippen LogP contribution is 2.25. The molecule has 5 aromatic heterocycles. The fourth-order valence-electron chi connectivity index (χ4n) is 7.27. The highest BCUT2D eigenvalue weighted by Gasteiger charge is 2.26. The summed E-state index contributed by atoms with van der Waals surface area (Å²) in [5.41, 5.74) is 15.0. The molecule has 79 heavy (non-hydrogen) atoms. The third-order valence-electron chi connectivity index (χ3n) is 11.3. The average molecular weight is 1090 g/mol. The Balaban J connectivity index is 0.000000277. The maximum Gasteiger partial charge on any atom is 0.363 e. The zero-order chi connectivity index (χ0) is 58.2. The number of ether oxygens (including phenoxy) is 1. The first kappa shape index (κ1) is 62.4. The fraction of sp³-hybridized carbons (Fsp3) is 0.412. The van der Waals surface area contributed by atoms with Gasteiger partial charge >= 0.3 is 17.3 Å². The second kappa shape index (κ2) is 31.1. The number of rotatable bonds is 23. The Bertz CT molecular complexity index is 3110. The molecule has 424 valence electrons. The number of nitrogen functional groups attached to an aromatic ring is 1. The van der Waals surface area contributed by atoms with Gasteiger partial charge in [-0.15, -0.1) is 0 Å². The van der Waals surface area contributed by atoms with Crippen molar-refractivity contribution in [3.05, 3.63) is 133 Å². The van der Waals surface area contributed by atoms with Gasteiger partial charge in [0.2, 0.25) is 29.2 Å². The number of aliphatic hydroxyl groups is 1. The molecule has 5 heterocycles. The molecule has 28 nitrogen and oxygen atoms in total. The van der Waals surface area contributed by atoms with Crippen LogP contribution in [0, 0.1) is 20.2 Å². The first-order valence-electron chi connectivity index (χ1n) is 25.2. The number of para-hydroxylation sites is 1. The number of ketones is 1. The highest BCUT2D eigenvalue weighted by atomic mass is 16.6. The number of nitrogens with one attached hydrogen (secondary N) is 3. The molecule has 2 aromatic carbocycles. The topological polar surface area (TPSA) is 380 Å². The largest absolute Gasteiger partial charge is 0.476 e. The van der Waals surface area contributed by atoms with Crippen LogP contribution in [0.3, 0.4) is 0 Å². The lowest BCUT2D eigenvalue weighted by molar-refractivity contribution is -0.385. The van der Waals surface area contributed by atoms with Gasteiger partial charge in [-0.1, -0.05) is 77.1 Å². The van der Waals surface area contributed by atoms with E-state index in [0.717, 1.165) is 63.1 Å². The van der Waals surface area contributed by atoms with Crippen molar-refractivity contribution in [2.45, 2.75) is 91.6 Å². The van der Waals surface area contributed by atoms with E-state index in [-0.39, 0.29) is 36.4 Å². The number of hydrogen-bond donors (Lipinski definition) is 7. The number of aryl methyl sites for hydroxylation is 2. The van der Waals surface area contributed by atoms with Crippen LogP contribution in [-0.2, 0) is 31.8 Å². The third kappa shape index (κ3) is 18.8. The molecular formula is C51H71N19O9. The number of carboxylic acid groups (broad SMARTS) is 1. The summed E-state index contributed by atoms with van der Waals surface area (Å²) in [5, 5.41) is 64.9. The molecule has 28 heteroatoms. The summed E-state index contributed by atoms with van der Waals surface area (Å²) in [6.45, 7) is 14.9. The van der Waals surface area contributed by atoms with Gasteiger partial charge in [0, 0.05) is 77.3 Å². The molecule has 0 bridgehead atoms. The van der Waals surface area contributed by atoms with E-state index in [2.05, 4.69) is 79.0 Å². The number of carboxylic acids is 1. The van der Waals surface area contributed by atoms with Crippen LogP contribution in [0.2, 0.25) is 0 Å². The van der Waals surface area contributed by atoms with E-state index < -0.39 is 33.0 Å². The number of Topliss-reactive ketones (excluding diaryl/α,β-unsaturated/α-hetero) is 1. The Labute approximate surface area is 456 Å². The minimum absolute atomic E-state index is 0.00381. The molecule has 7 aromatic rings. The van der Waals surface area contributed by atoms with E-state index in [1.807, 2.05) is 74.6 Å². The van der Waals surface area contributed by atoms with Gasteiger partial charge in [0.1, 0.15) is 18.2 Å². The number of fused-ring (bicyclic) bond motifs is 1. The van der Waals surface area contributed by atoms with E-state index >= 15 is 0 Å². The zero-order valence-corrected chi connectivity index (χ0v) is 45.8. The molecule has 1 atom stereocenters. The van der Waals surface area contributed by atoms with Crippen LogP contribution in [0.4, 0.5) is 34.8 Å². The summed E-state index contributed by atoms with van der Waals surface area (Å²) in [6.07, 6.45) is 9.88. The molecule has 0 aliphatic rings. The van der Waals surface area contributed by atoms with Gasteiger partial charge in [0.25, 0.3) is 0 Å².